The molecule has 0 bridgehead atoms. The Hall–Kier alpha value is -4.06. The van der Waals surface area contributed by atoms with Crippen molar-refractivity contribution in [3.8, 4) is 28.4 Å². The number of hydrogen-bond donors (Lipinski definition) is 1. The van der Waals surface area contributed by atoms with Crippen LogP contribution in [0.5, 0.6) is 11.5 Å². The Morgan fingerprint density at radius 1 is 0.844 bits per heavy atom. The predicted molar refractivity (Wildman–Crippen MR) is 128 cm³/mol. The zero-order valence-corrected chi connectivity index (χ0v) is 18.5. The molecule has 0 spiro atoms. The first-order valence-corrected chi connectivity index (χ1v) is 10.3. The van der Waals surface area contributed by atoms with Crippen molar-refractivity contribution in [1.82, 2.24) is 9.78 Å². The maximum absolute atomic E-state index is 13.5. The van der Waals surface area contributed by atoms with Gasteiger partial charge in [-0.3, -0.25) is 14.9 Å². The lowest BCUT2D eigenvalue weighted by Gasteiger charge is -2.05. The molecule has 162 valence electrons. The standard InChI is InChI=1S/C26H25N3O3/c1-17-5-9-20(10-6-17)27-18(2)24-25(19-7-13-22(31-3)14-8-19)28-29(26(24)30)21-11-15-23(32-4)16-12-21/h5-16,28H,1-4H3. The van der Waals surface area contributed by atoms with Crippen molar-refractivity contribution in [1.29, 1.82) is 0 Å². The van der Waals surface area contributed by atoms with Crippen LogP contribution in [0.15, 0.2) is 82.6 Å². The Morgan fingerprint density at radius 2 is 1.41 bits per heavy atom. The second-order valence-corrected chi connectivity index (χ2v) is 7.46. The lowest BCUT2D eigenvalue weighted by atomic mass is 10.0. The first-order valence-electron chi connectivity index (χ1n) is 10.3. The van der Waals surface area contributed by atoms with Gasteiger partial charge in [0.15, 0.2) is 0 Å². The molecule has 4 rings (SSSR count). The van der Waals surface area contributed by atoms with E-state index < -0.39 is 0 Å². The van der Waals surface area contributed by atoms with E-state index in [0.29, 0.717) is 22.7 Å². The fourth-order valence-electron chi connectivity index (χ4n) is 3.52. The Kier molecular flexibility index (Phi) is 5.94. The highest BCUT2D eigenvalue weighted by molar-refractivity contribution is 6.04. The number of aryl methyl sites for hydroxylation is 1. The molecule has 0 atom stereocenters. The molecule has 3 aromatic carbocycles. The summed E-state index contributed by atoms with van der Waals surface area (Å²) in [5, 5.41) is 3.28. The molecule has 0 saturated carbocycles. The van der Waals surface area contributed by atoms with Crippen molar-refractivity contribution < 1.29 is 9.47 Å². The average molecular weight is 428 g/mol. The van der Waals surface area contributed by atoms with Crippen LogP contribution in [-0.4, -0.2) is 29.7 Å². The first-order chi connectivity index (χ1) is 15.5. The summed E-state index contributed by atoms with van der Waals surface area (Å²) < 4.78 is 12.0. The number of rotatable bonds is 6. The third-order valence-electron chi connectivity index (χ3n) is 5.29. The topological polar surface area (TPSA) is 68.6 Å². The monoisotopic (exact) mass is 427 g/mol. The summed E-state index contributed by atoms with van der Waals surface area (Å²) in [5.41, 5.74) is 5.20. The molecule has 0 amide bonds. The van der Waals surface area contributed by atoms with Crippen molar-refractivity contribution in [3.63, 3.8) is 0 Å². The minimum absolute atomic E-state index is 0.172. The molecule has 0 aliphatic heterocycles. The highest BCUT2D eigenvalue weighted by Gasteiger charge is 2.19. The number of benzene rings is 3. The molecule has 0 aliphatic carbocycles. The van der Waals surface area contributed by atoms with Gasteiger partial charge in [0.05, 0.1) is 42.6 Å². The molecule has 4 aromatic rings. The van der Waals surface area contributed by atoms with Crippen LogP contribution < -0.4 is 15.0 Å². The SMILES string of the molecule is COc1ccc(-c2[nH]n(-c3ccc(OC)cc3)c(=O)c2C(C)=Nc2ccc(C)cc2)cc1. The molecule has 1 N–H and O–H groups in total. The molecule has 32 heavy (non-hydrogen) atoms. The summed E-state index contributed by atoms with van der Waals surface area (Å²) >= 11 is 0. The summed E-state index contributed by atoms with van der Waals surface area (Å²) in [6.07, 6.45) is 0. The van der Waals surface area contributed by atoms with Gasteiger partial charge >= 0.3 is 0 Å². The van der Waals surface area contributed by atoms with Gasteiger partial charge in [-0.05, 0) is 74.5 Å². The van der Waals surface area contributed by atoms with Crippen molar-refractivity contribution in [2.75, 3.05) is 14.2 Å². The van der Waals surface area contributed by atoms with E-state index in [1.807, 2.05) is 86.6 Å². The van der Waals surface area contributed by atoms with Crippen LogP contribution >= 0.6 is 0 Å². The minimum atomic E-state index is -0.172. The number of H-pyrrole nitrogens is 1. The van der Waals surface area contributed by atoms with Gasteiger partial charge in [0, 0.05) is 5.56 Å². The van der Waals surface area contributed by atoms with E-state index in [4.69, 9.17) is 14.5 Å². The number of nitrogens with one attached hydrogen (secondary N) is 1. The van der Waals surface area contributed by atoms with Gasteiger partial charge in [-0.15, -0.1) is 0 Å². The summed E-state index contributed by atoms with van der Waals surface area (Å²) in [6.45, 7) is 3.89. The summed E-state index contributed by atoms with van der Waals surface area (Å²) in [6, 6.07) is 22.8. The third-order valence-corrected chi connectivity index (χ3v) is 5.29. The Balaban J connectivity index is 1.87. The Bertz CT molecular complexity index is 1300. The van der Waals surface area contributed by atoms with E-state index >= 15 is 0 Å². The summed E-state index contributed by atoms with van der Waals surface area (Å²) in [7, 11) is 3.24. The minimum Gasteiger partial charge on any atom is -0.497 e. The van der Waals surface area contributed by atoms with Crippen LogP contribution in [0.4, 0.5) is 5.69 Å². The van der Waals surface area contributed by atoms with Gasteiger partial charge in [-0.25, -0.2) is 4.68 Å². The van der Waals surface area contributed by atoms with E-state index in [0.717, 1.165) is 28.3 Å². The van der Waals surface area contributed by atoms with Gasteiger partial charge in [-0.2, -0.15) is 0 Å². The molecule has 0 unspecified atom stereocenters. The van der Waals surface area contributed by atoms with Crippen LogP contribution in [-0.2, 0) is 0 Å². The molecular weight excluding hydrogens is 402 g/mol. The van der Waals surface area contributed by atoms with Crippen LogP contribution in [0, 0.1) is 6.92 Å². The molecule has 6 nitrogen and oxygen atoms in total. The van der Waals surface area contributed by atoms with Crippen LogP contribution in [0.3, 0.4) is 0 Å². The summed E-state index contributed by atoms with van der Waals surface area (Å²) in [4.78, 5) is 18.2. The fourth-order valence-corrected chi connectivity index (χ4v) is 3.52. The van der Waals surface area contributed by atoms with E-state index in [-0.39, 0.29) is 5.56 Å². The Labute approximate surface area is 186 Å². The first kappa shape index (κ1) is 21.2. The molecule has 1 aromatic heterocycles. The lowest BCUT2D eigenvalue weighted by molar-refractivity contribution is 0.414. The van der Waals surface area contributed by atoms with E-state index in [1.54, 1.807) is 14.2 Å². The molecule has 6 heteroatoms. The van der Waals surface area contributed by atoms with Gasteiger partial charge in [0.1, 0.15) is 11.5 Å². The number of methoxy groups -OCH3 is 2. The quantitative estimate of drug-likeness (QED) is 0.425. The average Bonchev–Trinajstić information content (AvgIpc) is 3.17. The fraction of sp³-hybridized carbons (Fsp3) is 0.154. The van der Waals surface area contributed by atoms with Crippen LogP contribution in [0.2, 0.25) is 0 Å². The second-order valence-electron chi connectivity index (χ2n) is 7.46. The number of aromatic amines is 1. The number of ether oxygens (including phenoxy) is 2. The zero-order valence-electron chi connectivity index (χ0n) is 18.5. The van der Waals surface area contributed by atoms with Crippen molar-refractivity contribution in [3.05, 3.63) is 94.3 Å². The van der Waals surface area contributed by atoms with Crippen molar-refractivity contribution >= 4 is 11.4 Å². The van der Waals surface area contributed by atoms with E-state index in [9.17, 15) is 4.79 Å². The molecular formula is C26H25N3O3. The van der Waals surface area contributed by atoms with E-state index in [1.165, 1.54) is 4.68 Å². The molecule has 0 aliphatic rings. The lowest BCUT2D eigenvalue weighted by Crippen LogP contribution is -2.19. The zero-order chi connectivity index (χ0) is 22.7. The molecule has 0 saturated heterocycles. The number of aromatic nitrogens is 2. The van der Waals surface area contributed by atoms with Gasteiger partial charge in [0.25, 0.3) is 5.56 Å². The normalized spacial score (nSPS) is 11.4. The molecule has 1 heterocycles. The van der Waals surface area contributed by atoms with Crippen LogP contribution in [0.25, 0.3) is 16.9 Å². The number of hydrogen-bond acceptors (Lipinski definition) is 4. The maximum atomic E-state index is 13.5. The number of aliphatic imine (C=N–C) groups is 1. The van der Waals surface area contributed by atoms with Crippen LogP contribution in [0.1, 0.15) is 18.1 Å². The van der Waals surface area contributed by atoms with Crippen molar-refractivity contribution in [2.45, 2.75) is 13.8 Å². The largest absolute Gasteiger partial charge is 0.497 e. The van der Waals surface area contributed by atoms with Gasteiger partial charge < -0.3 is 9.47 Å². The van der Waals surface area contributed by atoms with Gasteiger partial charge in [0.2, 0.25) is 0 Å². The Morgan fingerprint density at radius 3 is 1.97 bits per heavy atom. The van der Waals surface area contributed by atoms with Gasteiger partial charge in [-0.1, -0.05) is 17.7 Å². The molecule has 0 radical (unpaired) electrons. The molecule has 0 fully saturated rings. The second kappa shape index (κ2) is 8.98. The number of nitrogens with zero attached hydrogens (tertiary/aromatic N) is 2. The third kappa shape index (κ3) is 4.21. The van der Waals surface area contributed by atoms with E-state index in [2.05, 4.69) is 5.10 Å². The maximum Gasteiger partial charge on any atom is 0.280 e. The predicted octanol–water partition coefficient (Wildman–Crippen LogP) is 5.30. The van der Waals surface area contributed by atoms with Crippen molar-refractivity contribution in [2.24, 2.45) is 4.99 Å². The summed E-state index contributed by atoms with van der Waals surface area (Å²) in [5.74, 6) is 1.47. The highest BCUT2D eigenvalue weighted by atomic mass is 16.5. The smallest absolute Gasteiger partial charge is 0.280 e. The highest BCUT2D eigenvalue weighted by Crippen LogP contribution is 2.25.